The zero-order chi connectivity index (χ0) is 20.3. The number of carbonyl (C=O) groups excluding carboxylic acids is 2. The number of nitrogens with one attached hydrogen (secondary N) is 1. The molecule has 1 N–H and O–H groups in total. The second-order valence-corrected chi connectivity index (χ2v) is 7.48. The van der Waals surface area contributed by atoms with Crippen molar-refractivity contribution >= 4 is 23.1 Å². The van der Waals surface area contributed by atoms with Gasteiger partial charge in [-0.15, -0.1) is 0 Å². The lowest BCUT2D eigenvalue weighted by Gasteiger charge is -2.34. The summed E-state index contributed by atoms with van der Waals surface area (Å²) in [4.78, 5) is 27.6. The maximum absolute atomic E-state index is 12.1. The highest BCUT2D eigenvalue weighted by Gasteiger charge is 2.27. The van der Waals surface area contributed by atoms with Crippen LogP contribution in [0.1, 0.15) is 58.4 Å². The van der Waals surface area contributed by atoms with Crippen molar-refractivity contribution in [3.63, 3.8) is 0 Å². The first kappa shape index (κ1) is 20.3. The van der Waals surface area contributed by atoms with E-state index < -0.39 is 0 Å². The van der Waals surface area contributed by atoms with Crippen LogP contribution >= 0.6 is 0 Å². The van der Waals surface area contributed by atoms with Crippen LogP contribution in [0.5, 0.6) is 0 Å². The Hall–Kier alpha value is -2.41. The number of piperidine rings is 1. The standard InChI is InChI=1S/C19H25N5O2.C2H6/c1-13(2)22-8-5-14(6-9-22)15-3-4-16-17(11-20-24(16)12-15)23-10-7-18(25)21-19(23)26;1-2/h3-4,11-14H,5-10H2,1-2H3,(H,21,25,26);1-2H3. The molecule has 0 radical (unpaired) electrons. The summed E-state index contributed by atoms with van der Waals surface area (Å²) >= 11 is 0. The fourth-order valence-corrected chi connectivity index (χ4v) is 3.98. The molecule has 0 spiro atoms. The van der Waals surface area contributed by atoms with Gasteiger partial charge in [0.2, 0.25) is 5.91 Å². The highest BCUT2D eigenvalue weighted by molar-refractivity contribution is 6.07. The van der Waals surface area contributed by atoms with Crippen molar-refractivity contribution in [1.82, 2.24) is 19.8 Å². The van der Waals surface area contributed by atoms with Gasteiger partial charge in [-0.1, -0.05) is 19.9 Å². The maximum atomic E-state index is 12.1. The number of likely N-dealkylation sites (tertiary alicyclic amines) is 1. The van der Waals surface area contributed by atoms with E-state index in [1.165, 1.54) is 5.56 Å². The number of fused-ring (bicyclic) bond motifs is 1. The Morgan fingerprint density at radius 3 is 2.46 bits per heavy atom. The van der Waals surface area contributed by atoms with Gasteiger partial charge in [-0.3, -0.25) is 15.0 Å². The van der Waals surface area contributed by atoms with E-state index in [4.69, 9.17) is 0 Å². The summed E-state index contributed by atoms with van der Waals surface area (Å²) in [5, 5.41) is 6.81. The smallest absolute Gasteiger partial charge is 0.301 e. The molecule has 152 valence electrons. The summed E-state index contributed by atoms with van der Waals surface area (Å²) < 4.78 is 1.85. The Morgan fingerprint density at radius 1 is 1.11 bits per heavy atom. The average Bonchev–Trinajstić information content (AvgIpc) is 3.12. The van der Waals surface area contributed by atoms with Crippen LogP contribution in [0.25, 0.3) is 5.52 Å². The quantitative estimate of drug-likeness (QED) is 0.879. The highest BCUT2D eigenvalue weighted by atomic mass is 16.2. The van der Waals surface area contributed by atoms with Crippen molar-refractivity contribution in [3.05, 3.63) is 30.1 Å². The SMILES string of the molecule is CC.CC(C)N1CCC(c2ccc3c(N4CCC(=O)NC4=O)cnn3c2)CC1. The van der Waals surface area contributed by atoms with Crippen LogP contribution < -0.4 is 10.2 Å². The first-order valence-electron chi connectivity index (χ1n) is 10.4. The molecule has 0 bridgehead atoms. The zero-order valence-corrected chi connectivity index (χ0v) is 17.3. The Bertz CT molecular complexity index is 836. The largest absolute Gasteiger partial charge is 0.328 e. The minimum absolute atomic E-state index is 0.224. The molecule has 2 saturated heterocycles. The molecule has 2 aromatic rings. The summed E-state index contributed by atoms with van der Waals surface area (Å²) in [5.41, 5.74) is 2.93. The summed E-state index contributed by atoms with van der Waals surface area (Å²) in [6.45, 7) is 11.2. The molecule has 28 heavy (non-hydrogen) atoms. The Balaban J connectivity index is 0.00000109. The molecule has 7 nitrogen and oxygen atoms in total. The highest BCUT2D eigenvalue weighted by Crippen LogP contribution is 2.31. The molecular weight excluding hydrogens is 354 g/mol. The number of rotatable bonds is 3. The summed E-state index contributed by atoms with van der Waals surface area (Å²) in [5.74, 6) is 0.329. The number of carbonyl (C=O) groups is 2. The Morgan fingerprint density at radius 2 is 1.82 bits per heavy atom. The number of pyridine rings is 1. The van der Waals surface area contributed by atoms with E-state index in [0.29, 0.717) is 24.9 Å². The van der Waals surface area contributed by atoms with Gasteiger partial charge < -0.3 is 4.90 Å². The van der Waals surface area contributed by atoms with Crippen molar-refractivity contribution in [3.8, 4) is 0 Å². The zero-order valence-electron chi connectivity index (χ0n) is 17.3. The number of aromatic nitrogens is 2. The van der Waals surface area contributed by atoms with Gasteiger partial charge in [0, 0.05) is 25.2 Å². The van der Waals surface area contributed by atoms with Gasteiger partial charge in [0.05, 0.1) is 17.4 Å². The van der Waals surface area contributed by atoms with E-state index in [1.54, 1.807) is 11.1 Å². The van der Waals surface area contributed by atoms with E-state index >= 15 is 0 Å². The third-order valence-electron chi connectivity index (χ3n) is 5.59. The van der Waals surface area contributed by atoms with Crippen LogP contribution in [0.3, 0.4) is 0 Å². The van der Waals surface area contributed by atoms with Gasteiger partial charge in [-0.25, -0.2) is 9.31 Å². The number of anilines is 1. The summed E-state index contributed by atoms with van der Waals surface area (Å²) in [6, 6.07) is 4.43. The van der Waals surface area contributed by atoms with Crippen LogP contribution in [-0.4, -0.2) is 52.1 Å². The third-order valence-corrected chi connectivity index (χ3v) is 5.59. The minimum Gasteiger partial charge on any atom is -0.301 e. The lowest BCUT2D eigenvalue weighted by molar-refractivity contribution is -0.120. The molecular formula is C21H31N5O2. The van der Waals surface area contributed by atoms with Crippen LogP contribution in [0.15, 0.2) is 24.5 Å². The monoisotopic (exact) mass is 385 g/mol. The molecule has 2 aromatic heterocycles. The number of hydrogen-bond acceptors (Lipinski definition) is 4. The predicted octanol–water partition coefficient (Wildman–Crippen LogP) is 3.39. The number of imide groups is 1. The Kier molecular flexibility index (Phi) is 6.34. The summed E-state index contributed by atoms with van der Waals surface area (Å²) in [7, 11) is 0. The van der Waals surface area contributed by atoms with E-state index in [1.807, 2.05) is 24.4 Å². The lowest BCUT2D eigenvalue weighted by atomic mass is 9.90. The van der Waals surface area contributed by atoms with Gasteiger partial charge in [-0.05, 0) is 57.3 Å². The van der Waals surface area contributed by atoms with Crippen molar-refractivity contribution in [2.24, 2.45) is 0 Å². The van der Waals surface area contributed by atoms with Gasteiger partial charge in [0.1, 0.15) is 0 Å². The molecule has 0 atom stereocenters. The maximum Gasteiger partial charge on any atom is 0.328 e. The molecule has 0 aromatic carbocycles. The second-order valence-electron chi connectivity index (χ2n) is 7.48. The van der Waals surface area contributed by atoms with Gasteiger partial charge in [-0.2, -0.15) is 5.10 Å². The van der Waals surface area contributed by atoms with Crippen LogP contribution in [0.4, 0.5) is 10.5 Å². The van der Waals surface area contributed by atoms with Crippen molar-refractivity contribution in [1.29, 1.82) is 0 Å². The van der Waals surface area contributed by atoms with E-state index in [-0.39, 0.29) is 11.9 Å². The normalized spacial score (nSPS) is 19.0. The molecule has 0 unspecified atom stereocenters. The fraction of sp³-hybridized carbons (Fsp3) is 0.571. The van der Waals surface area contributed by atoms with Crippen LogP contribution in [0, 0.1) is 0 Å². The molecule has 0 aliphatic carbocycles. The van der Waals surface area contributed by atoms with Crippen LogP contribution in [-0.2, 0) is 4.79 Å². The van der Waals surface area contributed by atoms with E-state index in [0.717, 1.165) is 37.1 Å². The number of hydrogen-bond donors (Lipinski definition) is 1. The molecule has 2 fully saturated rings. The number of nitrogens with zero attached hydrogens (tertiary/aromatic N) is 4. The number of urea groups is 1. The number of amides is 3. The molecule has 4 heterocycles. The first-order chi connectivity index (χ1) is 13.5. The first-order valence-corrected chi connectivity index (χ1v) is 10.4. The molecule has 4 rings (SSSR count). The van der Waals surface area contributed by atoms with E-state index in [2.05, 4.69) is 41.4 Å². The van der Waals surface area contributed by atoms with Gasteiger partial charge >= 0.3 is 6.03 Å². The molecule has 2 aliphatic heterocycles. The van der Waals surface area contributed by atoms with Crippen LogP contribution in [0.2, 0.25) is 0 Å². The molecule has 2 aliphatic rings. The molecule has 0 saturated carbocycles. The third kappa shape index (κ3) is 4.04. The predicted molar refractivity (Wildman–Crippen MR) is 111 cm³/mol. The fourth-order valence-electron chi connectivity index (χ4n) is 3.98. The second kappa shape index (κ2) is 8.73. The Labute approximate surface area is 166 Å². The van der Waals surface area contributed by atoms with Gasteiger partial charge in [0.25, 0.3) is 0 Å². The molecule has 3 amide bonds. The topological polar surface area (TPSA) is 69.9 Å². The minimum atomic E-state index is -0.374. The van der Waals surface area contributed by atoms with Crippen molar-refractivity contribution in [2.75, 3.05) is 24.5 Å². The van der Waals surface area contributed by atoms with E-state index in [9.17, 15) is 9.59 Å². The average molecular weight is 386 g/mol. The molecule has 7 heteroatoms. The van der Waals surface area contributed by atoms with Crippen molar-refractivity contribution < 1.29 is 9.59 Å². The lowest BCUT2D eigenvalue weighted by Crippen LogP contribution is -2.49. The summed E-state index contributed by atoms with van der Waals surface area (Å²) in [6.07, 6.45) is 6.43. The van der Waals surface area contributed by atoms with Gasteiger partial charge in [0.15, 0.2) is 0 Å². The van der Waals surface area contributed by atoms with Crippen molar-refractivity contribution in [2.45, 2.75) is 58.9 Å².